The normalized spacial score (nSPS) is 17.8. The lowest BCUT2D eigenvalue weighted by Crippen LogP contribution is -2.52. The second kappa shape index (κ2) is 6.70. The fraction of sp³-hybridized carbons (Fsp3) is 0.357. The van der Waals surface area contributed by atoms with Crippen LogP contribution in [0.1, 0.15) is 5.56 Å². The molecule has 0 bridgehead atoms. The fourth-order valence-corrected chi connectivity index (χ4v) is 2.09. The minimum atomic E-state index is -0.121. The molecule has 1 N–H and O–H groups in total. The summed E-state index contributed by atoms with van der Waals surface area (Å²) < 4.78 is 0. The Hall–Kier alpha value is -1.36. The monoisotopic (exact) mass is 279 g/mol. The number of nitrogens with one attached hydrogen (secondary N) is 1. The van der Waals surface area contributed by atoms with Crippen LogP contribution in [-0.4, -0.2) is 49.0 Å². The molecular formula is C14H18ClN3O. The third-order valence-corrected chi connectivity index (χ3v) is 3.44. The van der Waals surface area contributed by atoms with Crippen molar-refractivity contribution in [2.75, 3.05) is 33.2 Å². The molecule has 1 amide bonds. The summed E-state index contributed by atoms with van der Waals surface area (Å²) >= 11 is 6.02. The zero-order chi connectivity index (χ0) is 13.7. The first-order valence-electron chi connectivity index (χ1n) is 6.32. The van der Waals surface area contributed by atoms with Crippen LogP contribution < -0.4 is 5.43 Å². The molecule has 0 atom stereocenters. The molecule has 4 nitrogen and oxygen atoms in total. The first-order chi connectivity index (χ1) is 9.15. The molecule has 1 aromatic rings. The number of hydrogen-bond acceptors (Lipinski definition) is 3. The number of likely N-dealkylation sites (N-methyl/N-ethyl adjacent to an activating group) is 1. The van der Waals surface area contributed by atoms with Crippen LogP contribution in [0, 0.1) is 0 Å². The van der Waals surface area contributed by atoms with E-state index in [9.17, 15) is 4.79 Å². The number of hydrogen-bond donors (Lipinski definition) is 1. The lowest BCUT2D eigenvalue weighted by Gasteiger charge is -2.31. The maximum Gasteiger partial charge on any atom is 0.258 e. The van der Waals surface area contributed by atoms with Crippen molar-refractivity contribution in [2.24, 2.45) is 0 Å². The molecule has 0 saturated carbocycles. The molecule has 5 heteroatoms. The molecule has 2 rings (SSSR count). The molecule has 0 aliphatic carbocycles. The highest BCUT2D eigenvalue weighted by Crippen LogP contribution is 2.15. The molecule has 19 heavy (non-hydrogen) atoms. The first-order valence-corrected chi connectivity index (χ1v) is 6.69. The van der Waals surface area contributed by atoms with E-state index in [0.717, 1.165) is 31.7 Å². The average molecular weight is 280 g/mol. The quantitative estimate of drug-likeness (QED) is 0.855. The lowest BCUT2D eigenvalue weighted by atomic mass is 10.2. The van der Waals surface area contributed by atoms with Crippen molar-refractivity contribution >= 4 is 23.6 Å². The summed E-state index contributed by atoms with van der Waals surface area (Å²) in [5, 5.41) is 2.59. The van der Waals surface area contributed by atoms with Crippen molar-refractivity contribution in [1.29, 1.82) is 0 Å². The minimum absolute atomic E-state index is 0.121. The Balaban J connectivity index is 1.86. The van der Waals surface area contributed by atoms with Crippen LogP contribution in [0.4, 0.5) is 0 Å². The van der Waals surface area contributed by atoms with Crippen LogP contribution in [-0.2, 0) is 4.79 Å². The largest absolute Gasteiger partial charge is 0.304 e. The topological polar surface area (TPSA) is 35.6 Å². The summed E-state index contributed by atoms with van der Waals surface area (Å²) in [6.07, 6.45) is 3.24. The molecule has 1 aliphatic heterocycles. The van der Waals surface area contributed by atoms with Crippen molar-refractivity contribution in [3.8, 4) is 0 Å². The van der Waals surface area contributed by atoms with Gasteiger partial charge in [-0.2, -0.15) is 0 Å². The third kappa shape index (κ3) is 4.35. The zero-order valence-electron chi connectivity index (χ0n) is 11.0. The molecule has 1 heterocycles. The number of amides is 1. The number of benzene rings is 1. The first kappa shape index (κ1) is 14.1. The van der Waals surface area contributed by atoms with E-state index in [2.05, 4.69) is 17.4 Å². The summed E-state index contributed by atoms with van der Waals surface area (Å²) in [5.41, 5.74) is 3.71. The number of nitrogens with zero attached hydrogens (tertiary/aromatic N) is 2. The molecule has 1 fully saturated rings. The Morgan fingerprint density at radius 1 is 1.26 bits per heavy atom. The predicted octanol–water partition coefficient (Wildman–Crippen LogP) is 1.63. The van der Waals surface area contributed by atoms with Gasteiger partial charge in [-0.05, 0) is 24.8 Å². The van der Waals surface area contributed by atoms with Gasteiger partial charge in [-0.1, -0.05) is 29.8 Å². The summed E-state index contributed by atoms with van der Waals surface area (Å²) in [6, 6.07) is 7.44. The van der Waals surface area contributed by atoms with Gasteiger partial charge >= 0.3 is 0 Å². The van der Waals surface area contributed by atoms with E-state index in [0.29, 0.717) is 5.02 Å². The molecule has 1 saturated heterocycles. The predicted molar refractivity (Wildman–Crippen MR) is 77.7 cm³/mol. The maximum atomic E-state index is 11.8. The van der Waals surface area contributed by atoms with Crippen LogP contribution in [0.3, 0.4) is 0 Å². The Morgan fingerprint density at radius 3 is 2.63 bits per heavy atom. The van der Waals surface area contributed by atoms with Crippen LogP contribution in [0.2, 0.25) is 5.02 Å². The Bertz CT molecular complexity index is 468. The number of carbonyl (C=O) groups is 1. The Labute approximate surface area is 118 Å². The van der Waals surface area contributed by atoms with E-state index >= 15 is 0 Å². The molecule has 1 aliphatic rings. The van der Waals surface area contributed by atoms with Gasteiger partial charge in [-0.25, -0.2) is 5.01 Å². The summed E-state index contributed by atoms with van der Waals surface area (Å²) in [5.74, 6) is -0.121. The highest BCUT2D eigenvalue weighted by molar-refractivity contribution is 6.32. The zero-order valence-corrected chi connectivity index (χ0v) is 11.7. The van der Waals surface area contributed by atoms with E-state index in [4.69, 9.17) is 11.6 Å². The number of halogens is 1. The molecule has 0 radical (unpaired) electrons. The van der Waals surface area contributed by atoms with Crippen molar-refractivity contribution in [1.82, 2.24) is 15.3 Å². The van der Waals surface area contributed by atoms with Gasteiger partial charge in [0.05, 0.1) is 0 Å². The van der Waals surface area contributed by atoms with Crippen molar-refractivity contribution in [2.45, 2.75) is 0 Å². The molecular weight excluding hydrogens is 262 g/mol. The smallest absolute Gasteiger partial charge is 0.258 e. The van der Waals surface area contributed by atoms with Crippen LogP contribution in [0.5, 0.6) is 0 Å². The third-order valence-electron chi connectivity index (χ3n) is 3.09. The van der Waals surface area contributed by atoms with E-state index < -0.39 is 0 Å². The summed E-state index contributed by atoms with van der Waals surface area (Å²) in [6.45, 7) is 3.63. The average Bonchev–Trinajstić information content (AvgIpc) is 2.40. The van der Waals surface area contributed by atoms with E-state index in [1.54, 1.807) is 12.1 Å². The molecule has 1 aromatic carbocycles. The van der Waals surface area contributed by atoms with E-state index in [1.807, 2.05) is 23.2 Å². The van der Waals surface area contributed by atoms with Gasteiger partial charge in [0.1, 0.15) is 0 Å². The van der Waals surface area contributed by atoms with Crippen LogP contribution >= 0.6 is 11.6 Å². The fourth-order valence-electron chi connectivity index (χ4n) is 1.89. The SMILES string of the molecule is CN1CCN(NC(=O)C=Cc2ccccc2Cl)CC1. The van der Waals surface area contributed by atoms with Gasteiger partial charge in [0.15, 0.2) is 0 Å². The summed E-state index contributed by atoms with van der Waals surface area (Å²) in [7, 11) is 2.08. The van der Waals surface area contributed by atoms with Crippen molar-refractivity contribution in [3.63, 3.8) is 0 Å². The molecule has 0 aromatic heterocycles. The van der Waals surface area contributed by atoms with Gasteiger partial charge in [0, 0.05) is 37.3 Å². The van der Waals surface area contributed by atoms with E-state index in [1.165, 1.54) is 6.08 Å². The summed E-state index contributed by atoms with van der Waals surface area (Å²) in [4.78, 5) is 14.0. The van der Waals surface area contributed by atoms with Gasteiger partial charge in [0.25, 0.3) is 5.91 Å². The lowest BCUT2D eigenvalue weighted by molar-refractivity contribution is -0.121. The van der Waals surface area contributed by atoms with E-state index in [-0.39, 0.29) is 5.91 Å². The Morgan fingerprint density at radius 2 is 1.95 bits per heavy atom. The second-order valence-corrected chi connectivity index (χ2v) is 5.03. The molecule has 0 unspecified atom stereocenters. The van der Waals surface area contributed by atoms with Crippen LogP contribution in [0.25, 0.3) is 6.08 Å². The second-order valence-electron chi connectivity index (χ2n) is 4.62. The van der Waals surface area contributed by atoms with Gasteiger partial charge in [-0.3, -0.25) is 10.2 Å². The number of piperazine rings is 1. The van der Waals surface area contributed by atoms with Crippen LogP contribution in [0.15, 0.2) is 30.3 Å². The number of carbonyl (C=O) groups excluding carboxylic acids is 1. The highest BCUT2D eigenvalue weighted by atomic mass is 35.5. The molecule has 102 valence electrons. The van der Waals surface area contributed by atoms with Crippen molar-refractivity contribution in [3.05, 3.63) is 40.9 Å². The Kier molecular flexibility index (Phi) is 4.96. The van der Waals surface area contributed by atoms with Crippen molar-refractivity contribution < 1.29 is 4.79 Å². The number of hydrazine groups is 1. The number of rotatable bonds is 3. The highest BCUT2D eigenvalue weighted by Gasteiger charge is 2.14. The maximum absolute atomic E-state index is 11.8. The standard InChI is InChI=1S/C14H18ClN3O/c1-17-8-10-18(11-9-17)16-14(19)7-6-12-4-2-3-5-13(12)15/h2-7H,8-11H2,1H3,(H,16,19). The van der Waals surface area contributed by atoms with Gasteiger partial charge < -0.3 is 4.90 Å². The van der Waals surface area contributed by atoms with Gasteiger partial charge in [0.2, 0.25) is 0 Å². The van der Waals surface area contributed by atoms with Gasteiger partial charge in [-0.15, -0.1) is 0 Å². The molecule has 0 spiro atoms. The minimum Gasteiger partial charge on any atom is -0.304 e.